The smallest absolute Gasteiger partial charge is 0.294 e. The summed E-state index contributed by atoms with van der Waals surface area (Å²) in [5, 5.41) is 2.12. The molecule has 178 valence electrons. The summed E-state index contributed by atoms with van der Waals surface area (Å²) in [4.78, 5) is 38.7. The molecule has 0 radical (unpaired) electrons. The van der Waals surface area contributed by atoms with E-state index in [-0.39, 0.29) is 17.3 Å². The molecular weight excluding hydrogens is 471 g/mol. The average molecular weight is 493 g/mol. The quantitative estimate of drug-likeness (QED) is 0.441. The highest BCUT2D eigenvalue weighted by Crippen LogP contribution is 2.32. The number of thioether (sulfide) groups is 1. The maximum Gasteiger partial charge on any atom is 0.294 e. The highest BCUT2D eigenvalue weighted by atomic mass is 32.2. The zero-order valence-corrected chi connectivity index (χ0v) is 19.5. The molecule has 1 aliphatic heterocycles. The Morgan fingerprint density at radius 2 is 1.74 bits per heavy atom. The molecule has 0 unspecified atom stereocenters. The fourth-order valence-corrected chi connectivity index (χ4v) is 4.14. The second-order valence-corrected chi connectivity index (χ2v) is 8.46. The van der Waals surface area contributed by atoms with Gasteiger partial charge in [-0.1, -0.05) is 42.5 Å². The van der Waals surface area contributed by atoms with E-state index in [9.17, 15) is 18.8 Å². The number of halogens is 1. The van der Waals surface area contributed by atoms with Gasteiger partial charge in [0.15, 0.2) is 0 Å². The number of hydrogen-bond acceptors (Lipinski definition) is 6. The molecule has 1 heterocycles. The van der Waals surface area contributed by atoms with Crippen molar-refractivity contribution in [3.05, 3.63) is 94.6 Å². The van der Waals surface area contributed by atoms with Gasteiger partial charge in [0.2, 0.25) is 5.91 Å². The number of imide groups is 1. The van der Waals surface area contributed by atoms with Crippen molar-refractivity contribution in [1.29, 1.82) is 0 Å². The molecule has 1 N–H and O–H groups in total. The molecule has 0 saturated carbocycles. The molecule has 3 amide bonds. The van der Waals surface area contributed by atoms with Crippen LogP contribution in [0.15, 0.2) is 77.7 Å². The molecule has 7 nitrogen and oxygen atoms in total. The van der Waals surface area contributed by atoms with E-state index < -0.39 is 23.6 Å². The molecule has 4 rings (SSSR count). The van der Waals surface area contributed by atoms with Crippen LogP contribution in [0.3, 0.4) is 0 Å². The molecule has 0 bridgehead atoms. The Morgan fingerprint density at radius 1 is 1.03 bits per heavy atom. The first kappa shape index (κ1) is 24.0. The summed E-state index contributed by atoms with van der Waals surface area (Å²) in [6.07, 6.45) is 1.57. The number of benzene rings is 3. The number of methoxy groups -OCH3 is 1. The number of carbonyl (C=O) groups excluding carboxylic acids is 3. The summed E-state index contributed by atoms with van der Waals surface area (Å²) < 4.78 is 24.5. The Labute approximate surface area is 205 Å². The average Bonchev–Trinajstić information content (AvgIpc) is 3.12. The molecule has 1 aliphatic rings. The van der Waals surface area contributed by atoms with Crippen molar-refractivity contribution in [3.8, 4) is 11.5 Å². The van der Waals surface area contributed by atoms with E-state index >= 15 is 0 Å². The van der Waals surface area contributed by atoms with Gasteiger partial charge in [0, 0.05) is 5.56 Å². The highest BCUT2D eigenvalue weighted by Gasteiger charge is 2.36. The van der Waals surface area contributed by atoms with E-state index in [1.165, 1.54) is 13.2 Å². The van der Waals surface area contributed by atoms with Crippen LogP contribution in [-0.2, 0) is 16.2 Å². The lowest BCUT2D eigenvalue weighted by molar-refractivity contribution is -0.127. The molecule has 1 fully saturated rings. The SMILES string of the molecule is COc1ccccc1NC(=O)CN1C(=O)S/C(=C/c2ccc(OCc3ccccc3F)cc2)C1=O. The van der Waals surface area contributed by atoms with Gasteiger partial charge >= 0.3 is 0 Å². The predicted octanol–water partition coefficient (Wildman–Crippen LogP) is 5.09. The summed E-state index contributed by atoms with van der Waals surface area (Å²) in [6, 6.07) is 20.0. The van der Waals surface area contributed by atoms with E-state index in [1.807, 2.05) is 0 Å². The largest absolute Gasteiger partial charge is 0.495 e. The minimum atomic E-state index is -0.546. The molecule has 0 aromatic heterocycles. The van der Waals surface area contributed by atoms with Crippen LogP contribution in [0.4, 0.5) is 14.9 Å². The van der Waals surface area contributed by atoms with Crippen molar-refractivity contribution in [2.75, 3.05) is 19.0 Å². The number of hydrogen-bond donors (Lipinski definition) is 1. The number of anilines is 1. The lowest BCUT2D eigenvalue weighted by Gasteiger charge is -2.14. The number of para-hydroxylation sites is 2. The van der Waals surface area contributed by atoms with Gasteiger partial charge in [-0.15, -0.1) is 0 Å². The Kier molecular flexibility index (Phi) is 7.47. The fourth-order valence-electron chi connectivity index (χ4n) is 3.31. The topological polar surface area (TPSA) is 84.9 Å². The summed E-state index contributed by atoms with van der Waals surface area (Å²) in [7, 11) is 1.48. The zero-order valence-electron chi connectivity index (χ0n) is 18.7. The van der Waals surface area contributed by atoms with E-state index in [4.69, 9.17) is 9.47 Å². The summed E-state index contributed by atoms with van der Waals surface area (Å²) in [5.74, 6) is -0.399. The van der Waals surface area contributed by atoms with Gasteiger partial charge in [-0.25, -0.2) is 4.39 Å². The first-order chi connectivity index (χ1) is 16.9. The monoisotopic (exact) mass is 492 g/mol. The number of amides is 3. The molecule has 0 spiro atoms. The normalized spacial score (nSPS) is 14.3. The standard InChI is InChI=1S/C26H21FN2O5S/c1-33-22-9-5-4-8-21(22)28-24(30)15-29-25(31)23(35-26(29)32)14-17-10-12-19(13-11-17)34-16-18-6-2-3-7-20(18)27/h2-14H,15-16H2,1H3,(H,28,30)/b23-14+. The van der Waals surface area contributed by atoms with Crippen LogP contribution in [0.5, 0.6) is 11.5 Å². The van der Waals surface area contributed by atoms with Crippen LogP contribution < -0.4 is 14.8 Å². The van der Waals surface area contributed by atoms with Gasteiger partial charge in [-0.2, -0.15) is 0 Å². The Bertz CT molecular complexity index is 1290. The molecule has 35 heavy (non-hydrogen) atoms. The van der Waals surface area contributed by atoms with Crippen LogP contribution in [-0.4, -0.2) is 35.6 Å². The van der Waals surface area contributed by atoms with E-state index in [0.717, 1.165) is 16.7 Å². The fraction of sp³-hybridized carbons (Fsp3) is 0.115. The van der Waals surface area contributed by atoms with E-state index in [2.05, 4.69) is 5.32 Å². The van der Waals surface area contributed by atoms with Crippen LogP contribution in [0, 0.1) is 5.82 Å². The third kappa shape index (κ3) is 5.88. The first-order valence-electron chi connectivity index (χ1n) is 10.6. The molecule has 0 aliphatic carbocycles. The minimum Gasteiger partial charge on any atom is -0.495 e. The van der Waals surface area contributed by atoms with Crippen LogP contribution in [0.1, 0.15) is 11.1 Å². The lowest BCUT2D eigenvalue weighted by atomic mass is 10.2. The molecule has 9 heteroatoms. The van der Waals surface area contributed by atoms with Gasteiger partial charge in [-0.05, 0) is 53.7 Å². The van der Waals surface area contributed by atoms with Crippen molar-refractivity contribution >= 4 is 40.6 Å². The third-order valence-corrected chi connectivity index (χ3v) is 5.99. The lowest BCUT2D eigenvalue weighted by Crippen LogP contribution is -2.36. The molecule has 1 saturated heterocycles. The van der Waals surface area contributed by atoms with Crippen LogP contribution in [0.2, 0.25) is 0 Å². The van der Waals surface area contributed by atoms with Gasteiger partial charge < -0.3 is 14.8 Å². The van der Waals surface area contributed by atoms with Crippen molar-refractivity contribution in [1.82, 2.24) is 4.90 Å². The molecule has 0 atom stereocenters. The van der Waals surface area contributed by atoms with E-state index in [1.54, 1.807) is 72.8 Å². The first-order valence-corrected chi connectivity index (χ1v) is 11.4. The summed E-state index contributed by atoms with van der Waals surface area (Å²) in [6.45, 7) is -0.329. The van der Waals surface area contributed by atoms with E-state index in [0.29, 0.717) is 28.3 Å². The second-order valence-electron chi connectivity index (χ2n) is 7.47. The summed E-state index contributed by atoms with van der Waals surface area (Å²) >= 11 is 0.767. The third-order valence-electron chi connectivity index (χ3n) is 5.09. The number of nitrogens with one attached hydrogen (secondary N) is 1. The minimum absolute atomic E-state index is 0.0851. The Morgan fingerprint density at radius 3 is 2.49 bits per heavy atom. The number of nitrogens with zero attached hydrogens (tertiary/aromatic N) is 1. The van der Waals surface area contributed by atoms with Gasteiger partial charge in [0.25, 0.3) is 11.1 Å². The summed E-state index contributed by atoms with van der Waals surface area (Å²) in [5.41, 5.74) is 1.56. The number of carbonyl (C=O) groups is 3. The molecule has 3 aromatic rings. The molecule has 3 aromatic carbocycles. The van der Waals surface area contributed by atoms with Crippen molar-refractivity contribution in [2.24, 2.45) is 0 Å². The predicted molar refractivity (Wildman–Crippen MR) is 131 cm³/mol. The molecular formula is C26H21FN2O5S. The van der Waals surface area contributed by atoms with Crippen molar-refractivity contribution in [2.45, 2.75) is 6.61 Å². The van der Waals surface area contributed by atoms with Crippen molar-refractivity contribution in [3.63, 3.8) is 0 Å². The van der Waals surface area contributed by atoms with Crippen LogP contribution >= 0.6 is 11.8 Å². The van der Waals surface area contributed by atoms with Crippen molar-refractivity contribution < 1.29 is 28.2 Å². The maximum atomic E-state index is 13.7. The van der Waals surface area contributed by atoms with Gasteiger partial charge in [-0.3, -0.25) is 19.3 Å². The maximum absolute atomic E-state index is 13.7. The highest BCUT2D eigenvalue weighted by molar-refractivity contribution is 8.18. The second kappa shape index (κ2) is 10.9. The van der Waals surface area contributed by atoms with Crippen LogP contribution in [0.25, 0.3) is 6.08 Å². The van der Waals surface area contributed by atoms with Gasteiger partial charge in [0.1, 0.15) is 30.5 Å². The number of rotatable bonds is 8. The Hall–Kier alpha value is -4.11. The zero-order chi connectivity index (χ0) is 24.8. The Balaban J connectivity index is 1.37. The van der Waals surface area contributed by atoms with Gasteiger partial charge in [0.05, 0.1) is 17.7 Å². The number of ether oxygens (including phenoxy) is 2.